The lowest BCUT2D eigenvalue weighted by atomic mass is 10.0. The summed E-state index contributed by atoms with van der Waals surface area (Å²) in [6.45, 7) is 4.93. The van der Waals surface area contributed by atoms with E-state index >= 15 is 0 Å². The third-order valence-electron chi connectivity index (χ3n) is 3.14. The smallest absolute Gasteiger partial charge is 0.111 e. The van der Waals surface area contributed by atoms with Crippen LogP contribution < -0.4 is 0 Å². The molecule has 2 rings (SSSR count). The molecule has 0 amide bonds. The molecule has 0 spiro atoms. The number of hydrogen-bond donors (Lipinski definition) is 1. The van der Waals surface area contributed by atoms with Gasteiger partial charge in [0.1, 0.15) is 5.69 Å². The van der Waals surface area contributed by atoms with Crippen molar-refractivity contribution >= 4 is 0 Å². The van der Waals surface area contributed by atoms with Gasteiger partial charge in [-0.1, -0.05) is 42.5 Å². The maximum absolute atomic E-state index is 9.09. The van der Waals surface area contributed by atoms with E-state index in [4.69, 9.17) is 5.11 Å². The molecule has 0 fully saturated rings. The average Bonchev–Trinajstić information content (AvgIpc) is 2.71. The topological polar surface area (TPSA) is 50.9 Å². The fraction of sp³-hybridized carbons (Fsp3) is 0.429. The zero-order valence-corrected chi connectivity index (χ0v) is 10.9. The Balaban J connectivity index is 1.99. The minimum atomic E-state index is -0.0428. The number of rotatable bonds is 5. The van der Waals surface area contributed by atoms with Crippen molar-refractivity contribution in [2.75, 3.05) is 0 Å². The summed E-state index contributed by atoms with van der Waals surface area (Å²) in [5.74, 6) is 0.486. The number of aliphatic hydroxyl groups is 1. The maximum Gasteiger partial charge on any atom is 0.111 e. The Bertz CT molecular complexity index is 493. The Morgan fingerprint density at radius 1 is 1.28 bits per heavy atom. The molecule has 2 aromatic rings. The Morgan fingerprint density at radius 3 is 2.61 bits per heavy atom. The highest BCUT2D eigenvalue weighted by molar-refractivity contribution is 5.15. The minimum absolute atomic E-state index is 0.0428. The second-order valence-electron chi connectivity index (χ2n) is 4.76. The van der Waals surface area contributed by atoms with E-state index in [1.165, 1.54) is 5.56 Å². The lowest BCUT2D eigenvalue weighted by Crippen LogP contribution is -2.13. The molecule has 1 aromatic heterocycles. The van der Waals surface area contributed by atoms with Gasteiger partial charge in [-0.3, -0.25) is 0 Å². The summed E-state index contributed by atoms with van der Waals surface area (Å²) in [6.07, 6.45) is 1.02. The molecule has 0 aliphatic heterocycles. The van der Waals surface area contributed by atoms with Crippen molar-refractivity contribution < 1.29 is 5.11 Å². The summed E-state index contributed by atoms with van der Waals surface area (Å²) in [4.78, 5) is 0. The molecular weight excluding hydrogens is 226 g/mol. The van der Waals surface area contributed by atoms with Gasteiger partial charge in [-0.2, -0.15) is 0 Å². The van der Waals surface area contributed by atoms with Crippen LogP contribution in [0.3, 0.4) is 0 Å². The summed E-state index contributed by atoms with van der Waals surface area (Å²) in [5, 5.41) is 17.1. The summed E-state index contributed by atoms with van der Waals surface area (Å²) in [7, 11) is 0. The van der Waals surface area contributed by atoms with Crippen LogP contribution in [-0.4, -0.2) is 20.1 Å². The molecule has 0 bridgehead atoms. The van der Waals surface area contributed by atoms with Crippen LogP contribution in [0.5, 0.6) is 0 Å². The molecule has 1 unspecified atom stereocenters. The Kier molecular flexibility index (Phi) is 4.10. The van der Waals surface area contributed by atoms with Crippen molar-refractivity contribution in [3.8, 4) is 0 Å². The molecule has 0 radical (unpaired) electrons. The molecule has 0 aliphatic carbocycles. The average molecular weight is 245 g/mol. The van der Waals surface area contributed by atoms with E-state index in [-0.39, 0.29) is 6.61 Å². The van der Waals surface area contributed by atoms with Crippen molar-refractivity contribution in [2.24, 2.45) is 5.92 Å². The normalized spacial score (nSPS) is 12.6. The van der Waals surface area contributed by atoms with Gasteiger partial charge in [-0.05, 0) is 24.8 Å². The van der Waals surface area contributed by atoms with Crippen LogP contribution in [0.15, 0.2) is 30.3 Å². The molecule has 0 aliphatic rings. The van der Waals surface area contributed by atoms with Crippen LogP contribution in [0.2, 0.25) is 0 Å². The molecule has 1 heterocycles. The zero-order chi connectivity index (χ0) is 13.0. The Morgan fingerprint density at radius 2 is 2.00 bits per heavy atom. The molecule has 1 N–H and O–H groups in total. The first-order valence-corrected chi connectivity index (χ1v) is 6.24. The molecule has 96 valence electrons. The number of benzene rings is 1. The van der Waals surface area contributed by atoms with E-state index in [2.05, 4.69) is 41.5 Å². The summed E-state index contributed by atoms with van der Waals surface area (Å²) < 4.78 is 1.87. The quantitative estimate of drug-likeness (QED) is 0.876. The van der Waals surface area contributed by atoms with Gasteiger partial charge < -0.3 is 5.11 Å². The van der Waals surface area contributed by atoms with Gasteiger partial charge in [0, 0.05) is 6.54 Å². The Labute approximate surface area is 107 Å². The summed E-state index contributed by atoms with van der Waals surface area (Å²) in [5.41, 5.74) is 2.96. The van der Waals surface area contributed by atoms with Gasteiger partial charge >= 0.3 is 0 Å². The highest BCUT2D eigenvalue weighted by Gasteiger charge is 2.11. The molecule has 1 atom stereocenters. The van der Waals surface area contributed by atoms with Crippen LogP contribution in [0, 0.1) is 12.8 Å². The van der Waals surface area contributed by atoms with E-state index in [1.807, 2.05) is 17.7 Å². The predicted octanol–water partition coefficient (Wildman–Crippen LogP) is 1.96. The van der Waals surface area contributed by atoms with E-state index in [0.717, 1.165) is 18.7 Å². The van der Waals surface area contributed by atoms with E-state index in [1.54, 1.807) is 0 Å². The molecule has 1 aromatic carbocycles. The molecule has 4 heteroatoms. The lowest BCUT2D eigenvalue weighted by Gasteiger charge is -2.12. The van der Waals surface area contributed by atoms with Gasteiger partial charge in [0.25, 0.3) is 0 Å². The van der Waals surface area contributed by atoms with Crippen LogP contribution in [0.4, 0.5) is 0 Å². The van der Waals surface area contributed by atoms with Crippen molar-refractivity contribution in [3.63, 3.8) is 0 Å². The fourth-order valence-corrected chi connectivity index (χ4v) is 2.09. The van der Waals surface area contributed by atoms with Crippen molar-refractivity contribution in [3.05, 3.63) is 47.3 Å². The first-order chi connectivity index (χ1) is 8.70. The molecule has 4 nitrogen and oxygen atoms in total. The van der Waals surface area contributed by atoms with Gasteiger partial charge in [0.05, 0.1) is 12.3 Å². The third kappa shape index (κ3) is 2.96. The molecule has 0 saturated carbocycles. The zero-order valence-electron chi connectivity index (χ0n) is 10.9. The summed E-state index contributed by atoms with van der Waals surface area (Å²) in [6, 6.07) is 10.4. The van der Waals surface area contributed by atoms with Crippen LogP contribution in [0.25, 0.3) is 0 Å². The van der Waals surface area contributed by atoms with E-state index in [9.17, 15) is 0 Å². The number of hydrogen-bond acceptors (Lipinski definition) is 3. The van der Waals surface area contributed by atoms with Gasteiger partial charge in [0.2, 0.25) is 0 Å². The van der Waals surface area contributed by atoms with Crippen LogP contribution in [-0.2, 0) is 19.6 Å². The maximum atomic E-state index is 9.09. The van der Waals surface area contributed by atoms with E-state index in [0.29, 0.717) is 11.6 Å². The first-order valence-electron chi connectivity index (χ1n) is 6.24. The molecule has 0 saturated heterocycles. The third-order valence-corrected chi connectivity index (χ3v) is 3.14. The van der Waals surface area contributed by atoms with Crippen LogP contribution >= 0.6 is 0 Å². The second kappa shape index (κ2) is 5.78. The number of nitrogens with zero attached hydrogens (tertiary/aromatic N) is 3. The van der Waals surface area contributed by atoms with E-state index < -0.39 is 0 Å². The van der Waals surface area contributed by atoms with Crippen molar-refractivity contribution in [2.45, 2.75) is 33.4 Å². The van der Waals surface area contributed by atoms with Gasteiger partial charge in [-0.15, -0.1) is 5.10 Å². The SMILES string of the molecule is Cc1c(CO)nnn1CC(C)Cc1ccccc1. The van der Waals surface area contributed by atoms with Crippen LogP contribution in [0.1, 0.15) is 23.9 Å². The minimum Gasteiger partial charge on any atom is -0.390 e. The highest BCUT2D eigenvalue weighted by atomic mass is 16.3. The standard InChI is InChI=1S/C14H19N3O/c1-11(8-13-6-4-3-5-7-13)9-17-12(2)14(10-18)15-16-17/h3-7,11,18H,8-10H2,1-2H3. The highest BCUT2D eigenvalue weighted by Crippen LogP contribution is 2.12. The first kappa shape index (κ1) is 12.8. The number of aliphatic hydroxyl groups excluding tert-OH is 1. The van der Waals surface area contributed by atoms with Gasteiger partial charge in [0.15, 0.2) is 0 Å². The monoisotopic (exact) mass is 245 g/mol. The summed E-state index contributed by atoms with van der Waals surface area (Å²) >= 11 is 0. The Hall–Kier alpha value is -1.68. The fourth-order valence-electron chi connectivity index (χ4n) is 2.09. The predicted molar refractivity (Wildman–Crippen MR) is 70.0 cm³/mol. The lowest BCUT2D eigenvalue weighted by molar-refractivity contribution is 0.275. The van der Waals surface area contributed by atoms with Crippen molar-refractivity contribution in [1.29, 1.82) is 0 Å². The van der Waals surface area contributed by atoms with Gasteiger partial charge in [-0.25, -0.2) is 4.68 Å². The largest absolute Gasteiger partial charge is 0.390 e. The second-order valence-corrected chi connectivity index (χ2v) is 4.76. The van der Waals surface area contributed by atoms with Crippen molar-refractivity contribution in [1.82, 2.24) is 15.0 Å². The number of aromatic nitrogens is 3. The molecular formula is C14H19N3O. The molecule has 18 heavy (non-hydrogen) atoms.